The van der Waals surface area contributed by atoms with Crippen molar-refractivity contribution in [3.8, 4) is 0 Å². The van der Waals surface area contributed by atoms with Crippen LogP contribution >= 0.6 is 0 Å². The van der Waals surface area contributed by atoms with Gasteiger partial charge in [-0.2, -0.15) is 0 Å². The Labute approximate surface area is 91.8 Å². The summed E-state index contributed by atoms with van der Waals surface area (Å²) in [4.78, 5) is 11.3. The lowest BCUT2D eigenvalue weighted by atomic mass is 9.99. The Kier molecular flexibility index (Phi) is 6.36. The molecule has 4 heteroatoms. The fraction of sp³-hybridized carbons (Fsp3) is 0.909. The second kappa shape index (κ2) is 7.65. The Bertz CT molecular complexity index is 179. The highest BCUT2D eigenvalue weighted by atomic mass is 16.5. The quantitative estimate of drug-likeness (QED) is 0.500. The van der Waals surface area contributed by atoms with Crippen LogP contribution in [0.4, 0.5) is 0 Å². The summed E-state index contributed by atoms with van der Waals surface area (Å²) in [5, 5.41) is 6.40. The number of hydrogen-bond donors (Lipinski definition) is 2. The van der Waals surface area contributed by atoms with E-state index in [1.807, 2.05) is 6.92 Å². The summed E-state index contributed by atoms with van der Waals surface area (Å²) < 4.78 is 5.22. The van der Waals surface area contributed by atoms with E-state index in [0.29, 0.717) is 18.9 Å². The number of piperidine rings is 1. The number of carbonyl (C=O) groups excluding carboxylic acids is 1. The fourth-order valence-electron chi connectivity index (χ4n) is 1.70. The molecule has 0 aromatic rings. The number of rotatable bonds is 6. The zero-order valence-electron chi connectivity index (χ0n) is 9.55. The van der Waals surface area contributed by atoms with Crippen LogP contribution in [0.25, 0.3) is 0 Å². The molecule has 1 fully saturated rings. The molecule has 0 saturated carbocycles. The fourth-order valence-corrected chi connectivity index (χ4v) is 1.70. The van der Waals surface area contributed by atoms with E-state index in [0.717, 1.165) is 39.0 Å². The van der Waals surface area contributed by atoms with Gasteiger partial charge in [0.05, 0.1) is 13.0 Å². The molecular formula is C11H22N2O2. The van der Waals surface area contributed by atoms with Crippen LogP contribution < -0.4 is 10.6 Å². The molecule has 88 valence electrons. The Morgan fingerprint density at radius 3 is 2.87 bits per heavy atom. The first-order valence-electron chi connectivity index (χ1n) is 5.90. The van der Waals surface area contributed by atoms with Crippen molar-refractivity contribution < 1.29 is 9.53 Å². The van der Waals surface area contributed by atoms with E-state index in [4.69, 9.17) is 4.74 Å². The van der Waals surface area contributed by atoms with Crippen LogP contribution in [0.2, 0.25) is 0 Å². The van der Waals surface area contributed by atoms with Gasteiger partial charge in [0, 0.05) is 6.54 Å². The van der Waals surface area contributed by atoms with Crippen molar-refractivity contribution in [2.24, 2.45) is 5.92 Å². The number of nitrogens with one attached hydrogen (secondary N) is 2. The molecule has 0 aromatic heterocycles. The third-order valence-electron chi connectivity index (χ3n) is 2.69. The molecule has 1 aliphatic heterocycles. The van der Waals surface area contributed by atoms with Gasteiger partial charge in [-0.25, -0.2) is 0 Å². The van der Waals surface area contributed by atoms with Gasteiger partial charge in [-0.3, -0.25) is 4.79 Å². The third-order valence-corrected chi connectivity index (χ3v) is 2.69. The van der Waals surface area contributed by atoms with E-state index in [-0.39, 0.29) is 5.97 Å². The molecule has 1 saturated heterocycles. The molecule has 0 aromatic carbocycles. The van der Waals surface area contributed by atoms with Crippen molar-refractivity contribution in [3.05, 3.63) is 0 Å². The molecule has 0 amide bonds. The first-order valence-corrected chi connectivity index (χ1v) is 5.90. The molecule has 0 atom stereocenters. The highest BCUT2D eigenvalue weighted by Crippen LogP contribution is 2.11. The monoisotopic (exact) mass is 214 g/mol. The maximum absolute atomic E-state index is 11.3. The van der Waals surface area contributed by atoms with Gasteiger partial charge in [-0.1, -0.05) is 6.92 Å². The zero-order chi connectivity index (χ0) is 10.9. The standard InChI is InChI=1S/C11H22N2O2/c1-2-12-8-5-11(14)15-9-10-3-6-13-7-4-10/h10,12-13H,2-9H2,1H3. The number of ether oxygens (including phenoxy) is 1. The molecule has 0 aliphatic carbocycles. The van der Waals surface area contributed by atoms with Crippen molar-refractivity contribution in [1.29, 1.82) is 0 Å². The second-order valence-corrected chi connectivity index (χ2v) is 3.98. The third kappa shape index (κ3) is 5.74. The zero-order valence-corrected chi connectivity index (χ0v) is 9.55. The van der Waals surface area contributed by atoms with Gasteiger partial charge in [0.1, 0.15) is 0 Å². The van der Waals surface area contributed by atoms with Crippen LogP contribution in [-0.2, 0) is 9.53 Å². The lowest BCUT2D eigenvalue weighted by Gasteiger charge is -2.22. The lowest BCUT2D eigenvalue weighted by molar-refractivity contribution is -0.145. The van der Waals surface area contributed by atoms with E-state index in [9.17, 15) is 4.79 Å². The van der Waals surface area contributed by atoms with Gasteiger partial charge >= 0.3 is 5.97 Å². The van der Waals surface area contributed by atoms with Crippen molar-refractivity contribution in [2.75, 3.05) is 32.8 Å². The van der Waals surface area contributed by atoms with Crippen LogP contribution in [0.3, 0.4) is 0 Å². The minimum atomic E-state index is -0.0746. The molecule has 2 N–H and O–H groups in total. The van der Waals surface area contributed by atoms with Crippen LogP contribution in [-0.4, -0.2) is 38.8 Å². The topological polar surface area (TPSA) is 50.4 Å². The van der Waals surface area contributed by atoms with Gasteiger partial charge in [0.15, 0.2) is 0 Å². The SMILES string of the molecule is CCNCCC(=O)OCC1CCNCC1. The maximum atomic E-state index is 11.3. The first kappa shape index (κ1) is 12.5. The summed E-state index contributed by atoms with van der Waals surface area (Å²) in [6, 6.07) is 0. The Morgan fingerprint density at radius 2 is 2.20 bits per heavy atom. The molecule has 15 heavy (non-hydrogen) atoms. The van der Waals surface area contributed by atoms with Crippen LogP contribution in [0.5, 0.6) is 0 Å². The Hall–Kier alpha value is -0.610. The van der Waals surface area contributed by atoms with E-state index in [1.54, 1.807) is 0 Å². The van der Waals surface area contributed by atoms with E-state index in [1.165, 1.54) is 0 Å². The highest BCUT2D eigenvalue weighted by molar-refractivity contribution is 5.69. The molecule has 0 unspecified atom stereocenters. The summed E-state index contributed by atoms with van der Waals surface area (Å²) in [5.41, 5.74) is 0. The molecule has 1 heterocycles. The summed E-state index contributed by atoms with van der Waals surface area (Å²) in [6.07, 6.45) is 2.74. The molecular weight excluding hydrogens is 192 g/mol. The number of esters is 1. The minimum absolute atomic E-state index is 0.0746. The first-order chi connectivity index (χ1) is 7.33. The maximum Gasteiger partial charge on any atom is 0.307 e. The lowest BCUT2D eigenvalue weighted by Crippen LogP contribution is -2.30. The summed E-state index contributed by atoms with van der Waals surface area (Å²) >= 11 is 0. The van der Waals surface area contributed by atoms with Crippen molar-refractivity contribution in [1.82, 2.24) is 10.6 Å². The van der Waals surface area contributed by atoms with Gasteiger partial charge in [0.2, 0.25) is 0 Å². The molecule has 1 aliphatic rings. The predicted octanol–water partition coefficient (Wildman–Crippen LogP) is 0.529. The molecule has 4 nitrogen and oxygen atoms in total. The van der Waals surface area contributed by atoms with Gasteiger partial charge in [-0.05, 0) is 38.4 Å². The molecule has 1 rings (SSSR count). The second-order valence-electron chi connectivity index (χ2n) is 3.98. The minimum Gasteiger partial charge on any atom is -0.465 e. The van der Waals surface area contributed by atoms with E-state index < -0.39 is 0 Å². The summed E-state index contributed by atoms with van der Waals surface area (Å²) in [5.74, 6) is 0.490. The average molecular weight is 214 g/mol. The molecule has 0 radical (unpaired) electrons. The van der Waals surface area contributed by atoms with Crippen molar-refractivity contribution in [2.45, 2.75) is 26.2 Å². The normalized spacial score (nSPS) is 17.7. The Morgan fingerprint density at radius 1 is 1.47 bits per heavy atom. The van der Waals surface area contributed by atoms with E-state index in [2.05, 4.69) is 10.6 Å². The van der Waals surface area contributed by atoms with Crippen LogP contribution in [0, 0.1) is 5.92 Å². The number of hydrogen-bond acceptors (Lipinski definition) is 4. The average Bonchev–Trinajstić information content (AvgIpc) is 2.28. The Balaban J connectivity index is 2.00. The van der Waals surface area contributed by atoms with Gasteiger partial charge < -0.3 is 15.4 Å². The summed E-state index contributed by atoms with van der Waals surface area (Å²) in [6.45, 7) is 6.37. The van der Waals surface area contributed by atoms with Gasteiger partial charge in [-0.15, -0.1) is 0 Å². The highest BCUT2D eigenvalue weighted by Gasteiger charge is 2.14. The summed E-state index contributed by atoms with van der Waals surface area (Å²) in [7, 11) is 0. The molecule has 0 bridgehead atoms. The largest absolute Gasteiger partial charge is 0.465 e. The predicted molar refractivity (Wildman–Crippen MR) is 59.7 cm³/mol. The van der Waals surface area contributed by atoms with E-state index >= 15 is 0 Å². The number of carbonyl (C=O) groups is 1. The van der Waals surface area contributed by atoms with Gasteiger partial charge in [0.25, 0.3) is 0 Å². The van der Waals surface area contributed by atoms with Crippen LogP contribution in [0.15, 0.2) is 0 Å². The van der Waals surface area contributed by atoms with Crippen molar-refractivity contribution >= 4 is 5.97 Å². The van der Waals surface area contributed by atoms with Crippen molar-refractivity contribution in [3.63, 3.8) is 0 Å². The molecule has 0 spiro atoms. The van der Waals surface area contributed by atoms with Crippen LogP contribution in [0.1, 0.15) is 26.2 Å². The smallest absolute Gasteiger partial charge is 0.307 e.